The molecular weight excluding hydrogens is 629 g/mol. The van der Waals surface area contributed by atoms with Crippen LogP contribution < -0.4 is 0 Å². The molecule has 0 saturated heterocycles. The molecule has 1 aliphatic rings. The first-order valence-electron chi connectivity index (χ1n) is 18.0. The van der Waals surface area contributed by atoms with E-state index in [1.165, 1.54) is 77.2 Å². The smallest absolute Gasteiger partial charge is 0.136 e. The lowest BCUT2D eigenvalue weighted by Crippen LogP contribution is -2.29. The van der Waals surface area contributed by atoms with Gasteiger partial charge in [-0.15, -0.1) is 0 Å². The Balaban J connectivity index is 1.24. The molecule has 242 valence electrons. The van der Waals surface area contributed by atoms with E-state index in [1.807, 2.05) is 0 Å². The van der Waals surface area contributed by atoms with Gasteiger partial charge in [0.1, 0.15) is 11.2 Å². The van der Waals surface area contributed by atoms with Crippen molar-refractivity contribution in [3.05, 3.63) is 216 Å². The highest BCUT2D eigenvalue weighted by molar-refractivity contribution is 6.16. The van der Waals surface area contributed by atoms with Crippen molar-refractivity contribution in [2.75, 3.05) is 0 Å². The molecule has 0 bridgehead atoms. The second kappa shape index (κ2) is 11.2. The van der Waals surface area contributed by atoms with Crippen molar-refractivity contribution in [1.82, 2.24) is 0 Å². The molecule has 0 radical (unpaired) electrons. The van der Waals surface area contributed by atoms with Crippen molar-refractivity contribution >= 4 is 43.5 Å². The molecule has 0 amide bonds. The number of benzene rings is 9. The van der Waals surface area contributed by atoms with E-state index in [4.69, 9.17) is 4.42 Å². The van der Waals surface area contributed by atoms with Crippen LogP contribution in [0.4, 0.5) is 0 Å². The topological polar surface area (TPSA) is 13.1 Å². The molecule has 1 heteroatoms. The van der Waals surface area contributed by atoms with E-state index in [0.29, 0.717) is 0 Å². The molecule has 0 spiro atoms. The van der Waals surface area contributed by atoms with E-state index in [2.05, 4.69) is 194 Å². The minimum Gasteiger partial charge on any atom is -0.456 e. The van der Waals surface area contributed by atoms with Crippen LogP contribution in [0.3, 0.4) is 0 Å². The van der Waals surface area contributed by atoms with Crippen LogP contribution in [0.15, 0.2) is 199 Å². The molecule has 0 aliphatic heterocycles. The Kier molecular flexibility index (Phi) is 6.23. The Morgan fingerprint density at radius 3 is 1.73 bits per heavy atom. The largest absolute Gasteiger partial charge is 0.456 e. The molecule has 9 aromatic carbocycles. The van der Waals surface area contributed by atoms with Gasteiger partial charge in [0.2, 0.25) is 0 Å². The zero-order valence-electron chi connectivity index (χ0n) is 28.4. The van der Waals surface area contributed by atoms with Gasteiger partial charge in [-0.25, -0.2) is 0 Å². The van der Waals surface area contributed by atoms with Gasteiger partial charge in [-0.1, -0.05) is 170 Å². The summed E-state index contributed by atoms with van der Waals surface area (Å²) in [5.74, 6) is 0. The van der Waals surface area contributed by atoms with E-state index in [9.17, 15) is 0 Å². The fraction of sp³-hybridized carbons (Fsp3) is 0.0196. The summed E-state index contributed by atoms with van der Waals surface area (Å²) in [7, 11) is 0. The maximum Gasteiger partial charge on any atom is 0.136 e. The van der Waals surface area contributed by atoms with Crippen molar-refractivity contribution < 1.29 is 4.42 Å². The number of rotatable bonds is 4. The van der Waals surface area contributed by atoms with Gasteiger partial charge >= 0.3 is 0 Å². The Hall–Kier alpha value is -6.70. The summed E-state index contributed by atoms with van der Waals surface area (Å²) in [6, 6.07) is 71.2. The number of hydrogen-bond donors (Lipinski definition) is 0. The quantitative estimate of drug-likeness (QED) is 0.183. The highest BCUT2D eigenvalue weighted by Crippen LogP contribution is 2.59. The van der Waals surface area contributed by atoms with E-state index in [-0.39, 0.29) is 0 Å². The summed E-state index contributed by atoms with van der Waals surface area (Å²) >= 11 is 0. The molecule has 0 fully saturated rings. The van der Waals surface area contributed by atoms with Gasteiger partial charge in [-0.3, -0.25) is 0 Å². The molecule has 0 saturated carbocycles. The molecule has 0 atom stereocenters. The molecular formula is C51H32O. The molecule has 1 nitrogen and oxygen atoms in total. The van der Waals surface area contributed by atoms with Crippen LogP contribution in [-0.4, -0.2) is 0 Å². The number of fused-ring (bicyclic) bond motifs is 9. The van der Waals surface area contributed by atoms with Crippen LogP contribution in [0, 0.1) is 0 Å². The molecule has 52 heavy (non-hydrogen) atoms. The summed E-state index contributed by atoms with van der Waals surface area (Å²) < 4.78 is 6.54. The van der Waals surface area contributed by atoms with Crippen LogP contribution >= 0.6 is 0 Å². The van der Waals surface area contributed by atoms with Gasteiger partial charge < -0.3 is 4.42 Å². The van der Waals surface area contributed by atoms with Gasteiger partial charge in [-0.2, -0.15) is 0 Å². The van der Waals surface area contributed by atoms with Crippen LogP contribution in [0.5, 0.6) is 0 Å². The third-order valence-corrected chi connectivity index (χ3v) is 11.3. The fourth-order valence-electron chi connectivity index (χ4n) is 9.14. The zero-order chi connectivity index (χ0) is 34.2. The van der Waals surface area contributed by atoms with Gasteiger partial charge in [-0.05, 0) is 101 Å². The summed E-state index contributed by atoms with van der Waals surface area (Å²) in [6.45, 7) is 0. The van der Waals surface area contributed by atoms with Crippen LogP contribution in [0.1, 0.15) is 22.3 Å². The van der Waals surface area contributed by atoms with E-state index in [1.54, 1.807) is 0 Å². The SMILES string of the molecule is c1ccc(-c2cccc3c4c(ccc23)-c2ccc(-c3cccc5oc6cc7ccccc7cc6c35)cc2C4(c2ccccc2)c2ccccc2)cc1. The van der Waals surface area contributed by atoms with Gasteiger partial charge in [0.25, 0.3) is 0 Å². The maximum absolute atomic E-state index is 6.54. The average Bonchev–Trinajstić information content (AvgIpc) is 3.74. The van der Waals surface area contributed by atoms with E-state index in [0.717, 1.165) is 21.9 Å². The first-order valence-corrected chi connectivity index (χ1v) is 18.0. The monoisotopic (exact) mass is 660 g/mol. The molecule has 0 N–H and O–H groups in total. The minimum atomic E-state index is -0.555. The lowest BCUT2D eigenvalue weighted by Gasteiger charge is -2.35. The molecule has 1 heterocycles. The average molecular weight is 661 g/mol. The lowest BCUT2D eigenvalue weighted by molar-refractivity contribution is 0.669. The summed E-state index contributed by atoms with van der Waals surface area (Å²) in [4.78, 5) is 0. The third-order valence-electron chi connectivity index (χ3n) is 11.3. The predicted molar refractivity (Wildman–Crippen MR) is 217 cm³/mol. The van der Waals surface area contributed by atoms with Gasteiger partial charge in [0.05, 0.1) is 5.41 Å². The number of furan rings is 1. The lowest BCUT2D eigenvalue weighted by atomic mass is 9.66. The Morgan fingerprint density at radius 1 is 0.346 bits per heavy atom. The zero-order valence-corrected chi connectivity index (χ0v) is 28.4. The molecule has 11 rings (SSSR count). The Morgan fingerprint density at radius 2 is 0.981 bits per heavy atom. The second-order valence-corrected chi connectivity index (χ2v) is 14.0. The first kappa shape index (κ1) is 29.1. The maximum atomic E-state index is 6.54. The molecule has 1 aliphatic carbocycles. The van der Waals surface area contributed by atoms with Crippen molar-refractivity contribution in [3.63, 3.8) is 0 Å². The molecule has 1 aromatic heterocycles. The standard InChI is InChI=1S/C51H32O/c1-4-14-33(15-5-1)39-22-12-24-43-41(39)28-29-44-42-27-26-36(31-46(42)51(50(43)44,37-18-6-2-7-19-37)38-20-8-3-9-21-38)40-23-13-25-47-49(40)45-30-34-16-10-11-17-35(34)32-48(45)52-47/h1-32H. The Labute approximate surface area is 302 Å². The van der Waals surface area contributed by atoms with Gasteiger partial charge in [0, 0.05) is 10.8 Å². The first-order chi connectivity index (χ1) is 25.8. The number of hydrogen-bond acceptors (Lipinski definition) is 1. The summed E-state index contributed by atoms with van der Waals surface area (Å²) in [5, 5.41) is 7.24. The van der Waals surface area contributed by atoms with Crippen molar-refractivity contribution in [1.29, 1.82) is 0 Å². The highest BCUT2D eigenvalue weighted by atomic mass is 16.3. The van der Waals surface area contributed by atoms with Gasteiger partial charge in [0.15, 0.2) is 0 Å². The van der Waals surface area contributed by atoms with E-state index < -0.39 is 5.41 Å². The van der Waals surface area contributed by atoms with Crippen LogP contribution in [-0.2, 0) is 5.41 Å². The van der Waals surface area contributed by atoms with Crippen LogP contribution in [0.2, 0.25) is 0 Å². The second-order valence-electron chi connectivity index (χ2n) is 14.0. The highest BCUT2D eigenvalue weighted by Gasteiger charge is 2.47. The minimum absolute atomic E-state index is 0.555. The summed E-state index contributed by atoms with van der Waals surface area (Å²) in [6.07, 6.45) is 0. The summed E-state index contributed by atoms with van der Waals surface area (Å²) in [5.41, 5.74) is 13.8. The molecule has 0 unspecified atom stereocenters. The van der Waals surface area contributed by atoms with E-state index >= 15 is 0 Å². The Bertz CT molecular complexity index is 2950. The predicted octanol–water partition coefficient (Wildman–Crippen LogP) is 13.6. The van der Waals surface area contributed by atoms with Crippen molar-refractivity contribution in [2.45, 2.75) is 5.41 Å². The van der Waals surface area contributed by atoms with Crippen molar-refractivity contribution in [3.8, 4) is 33.4 Å². The fourth-order valence-corrected chi connectivity index (χ4v) is 9.14. The third kappa shape index (κ3) is 4.05. The van der Waals surface area contributed by atoms with Crippen LogP contribution in [0.25, 0.3) is 76.9 Å². The molecule has 10 aromatic rings. The van der Waals surface area contributed by atoms with Crippen molar-refractivity contribution in [2.24, 2.45) is 0 Å². The normalized spacial score (nSPS) is 13.2.